The molecule has 1 aromatic carbocycles. The summed E-state index contributed by atoms with van der Waals surface area (Å²) in [6, 6.07) is 6.65. The predicted molar refractivity (Wildman–Crippen MR) is 47.7 cm³/mol. The summed E-state index contributed by atoms with van der Waals surface area (Å²) in [5.74, 6) is 0.530. The van der Waals surface area contributed by atoms with Crippen molar-refractivity contribution >= 4 is 12.6 Å². The highest BCUT2D eigenvalue weighted by Gasteiger charge is 1.92. The summed E-state index contributed by atoms with van der Waals surface area (Å²) in [7, 11) is 0. The van der Waals surface area contributed by atoms with Gasteiger partial charge in [-0.3, -0.25) is 9.59 Å². The maximum atomic E-state index is 10.4. The number of aldehydes is 2. The summed E-state index contributed by atoms with van der Waals surface area (Å²) in [5.41, 5.74) is 0.539. The van der Waals surface area contributed by atoms with E-state index in [2.05, 4.69) is 0 Å². The number of benzene rings is 1. The van der Waals surface area contributed by atoms with Gasteiger partial charge in [0.15, 0.2) is 0 Å². The first-order valence-corrected chi connectivity index (χ1v) is 3.69. The zero-order chi connectivity index (χ0) is 9.52. The SMILES string of the molecule is O=C/C=C/Oc1cccc(C=O)c1. The Morgan fingerprint density at radius 1 is 1.23 bits per heavy atom. The average molecular weight is 176 g/mol. The Labute approximate surface area is 75.6 Å². The third-order valence-electron chi connectivity index (χ3n) is 1.36. The highest BCUT2D eigenvalue weighted by atomic mass is 16.5. The Kier molecular flexibility index (Phi) is 3.45. The Balaban J connectivity index is 2.71. The number of hydrogen-bond donors (Lipinski definition) is 0. The Morgan fingerprint density at radius 2 is 2.08 bits per heavy atom. The van der Waals surface area contributed by atoms with E-state index < -0.39 is 0 Å². The maximum Gasteiger partial charge on any atom is 0.150 e. The highest BCUT2D eigenvalue weighted by Crippen LogP contribution is 2.11. The zero-order valence-electron chi connectivity index (χ0n) is 6.84. The molecule has 0 amide bonds. The van der Waals surface area contributed by atoms with Crippen molar-refractivity contribution in [1.82, 2.24) is 0 Å². The first kappa shape index (κ1) is 9.19. The number of rotatable bonds is 4. The molecule has 13 heavy (non-hydrogen) atoms. The Bertz CT molecular complexity index is 329. The molecule has 0 saturated heterocycles. The monoisotopic (exact) mass is 176 g/mol. The topological polar surface area (TPSA) is 43.4 Å². The Hall–Kier alpha value is -1.90. The number of ether oxygens (including phenoxy) is 1. The molecule has 1 rings (SSSR count). The van der Waals surface area contributed by atoms with E-state index in [1.54, 1.807) is 24.3 Å². The van der Waals surface area contributed by atoms with Crippen LogP contribution in [0.2, 0.25) is 0 Å². The predicted octanol–water partition coefficient (Wildman–Crippen LogP) is 1.59. The number of allylic oxidation sites excluding steroid dienone is 1. The van der Waals surface area contributed by atoms with Gasteiger partial charge in [-0.05, 0) is 12.1 Å². The molecule has 0 fully saturated rings. The van der Waals surface area contributed by atoms with E-state index >= 15 is 0 Å². The van der Waals surface area contributed by atoms with Crippen molar-refractivity contribution in [2.24, 2.45) is 0 Å². The van der Waals surface area contributed by atoms with Crippen LogP contribution in [0.1, 0.15) is 10.4 Å². The van der Waals surface area contributed by atoms with Gasteiger partial charge in [0.1, 0.15) is 18.3 Å². The lowest BCUT2D eigenvalue weighted by Gasteiger charge is -1.98. The zero-order valence-corrected chi connectivity index (χ0v) is 6.84. The fourth-order valence-corrected chi connectivity index (χ4v) is 0.811. The molecule has 0 spiro atoms. The van der Waals surface area contributed by atoms with Crippen LogP contribution in [-0.4, -0.2) is 12.6 Å². The van der Waals surface area contributed by atoms with E-state index in [4.69, 9.17) is 4.74 Å². The summed E-state index contributed by atoms with van der Waals surface area (Å²) >= 11 is 0. The fraction of sp³-hybridized carbons (Fsp3) is 0. The molecule has 0 aliphatic heterocycles. The van der Waals surface area contributed by atoms with Gasteiger partial charge in [-0.1, -0.05) is 12.1 Å². The van der Waals surface area contributed by atoms with E-state index in [9.17, 15) is 9.59 Å². The molecule has 0 atom stereocenters. The van der Waals surface area contributed by atoms with Crippen LogP contribution in [0.5, 0.6) is 5.75 Å². The van der Waals surface area contributed by atoms with E-state index in [0.29, 0.717) is 17.6 Å². The van der Waals surface area contributed by atoms with Gasteiger partial charge in [0.05, 0.1) is 6.26 Å². The van der Waals surface area contributed by atoms with Gasteiger partial charge in [-0.15, -0.1) is 0 Å². The van der Waals surface area contributed by atoms with Crippen molar-refractivity contribution in [3.63, 3.8) is 0 Å². The smallest absolute Gasteiger partial charge is 0.150 e. The standard InChI is InChI=1S/C10H8O3/c11-5-2-6-13-10-4-1-3-9(7-10)8-12/h1-8H/b6-2+. The van der Waals surface area contributed by atoms with Crippen molar-refractivity contribution in [2.45, 2.75) is 0 Å². The van der Waals surface area contributed by atoms with Gasteiger partial charge in [0.2, 0.25) is 0 Å². The summed E-state index contributed by atoms with van der Waals surface area (Å²) in [6.45, 7) is 0. The summed E-state index contributed by atoms with van der Waals surface area (Å²) in [4.78, 5) is 20.3. The molecule has 0 bridgehead atoms. The van der Waals surface area contributed by atoms with Crippen molar-refractivity contribution in [3.05, 3.63) is 42.2 Å². The molecule has 1 aromatic rings. The molecule has 0 N–H and O–H groups in total. The van der Waals surface area contributed by atoms with E-state index in [1.807, 2.05) is 0 Å². The van der Waals surface area contributed by atoms with Crippen LogP contribution >= 0.6 is 0 Å². The highest BCUT2D eigenvalue weighted by molar-refractivity contribution is 5.75. The lowest BCUT2D eigenvalue weighted by molar-refractivity contribution is -0.104. The van der Waals surface area contributed by atoms with Crippen molar-refractivity contribution in [1.29, 1.82) is 0 Å². The van der Waals surface area contributed by atoms with Gasteiger partial charge in [-0.2, -0.15) is 0 Å². The van der Waals surface area contributed by atoms with Gasteiger partial charge in [0.25, 0.3) is 0 Å². The fourth-order valence-electron chi connectivity index (χ4n) is 0.811. The number of hydrogen-bond acceptors (Lipinski definition) is 3. The van der Waals surface area contributed by atoms with E-state index in [1.165, 1.54) is 12.3 Å². The van der Waals surface area contributed by atoms with Gasteiger partial charge in [0, 0.05) is 11.6 Å². The van der Waals surface area contributed by atoms with Crippen LogP contribution in [-0.2, 0) is 4.79 Å². The number of carbonyl (C=O) groups is 2. The van der Waals surface area contributed by atoms with Crippen molar-refractivity contribution in [2.75, 3.05) is 0 Å². The molecule has 0 aliphatic rings. The van der Waals surface area contributed by atoms with Gasteiger partial charge >= 0.3 is 0 Å². The number of carbonyl (C=O) groups excluding carboxylic acids is 2. The van der Waals surface area contributed by atoms with Crippen LogP contribution in [0.4, 0.5) is 0 Å². The molecule has 0 saturated carbocycles. The second kappa shape index (κ2) is 4.87. The normalized spacial score (nSPS) is 9.85. The van der Waals surface area contributed by atoms with Crippen LogP contribution in [0.25, 0.3) is 0 Å². The maximum absolute atomic E-state index is 10.4. The van der Waals surface area contributed by atoms with Gasteiger partial charge < -0.3 is 4.74 Å². The molecular formula is C10H8O3. The average Bonchev–Trinajstić information content (AvgIpc) is 2.19. The van der Waals surface area contributed by atoms with E-state index in [0.717, 1.165) is 6.29 Å². The lowest BCUT2D eigenvalue weighted by Crippen LogP contribution is -1.84. The van der Waals surface area contributed by atoms with E-state index in [-0.39, 0.29) is 0 Å². The second-order valence-corrected chi connectivity index (χ2v) is 2.27. The first-order valence-electron chi connectivity index (χ1n) is 3.69. The molecule has 3 nitrogen and oxygen atoms in total. The largest absolute Gasteiger partial charge is 0.465 e. The molecule has 0 aromatic heterocycles. The lowest BCUT2D eigenvalue weighted by atomic mass is 10.2. The molecule has 3 heteroatoms. The van der Waals surface area contributed by atoms with Gasteiger partial charge in [-0.25, -0.2) is 0 Å². The van der Waals surface area contributed by atoms with Crippen LogP contribution in [0, 0.1) is 0 Å². The molecule has 0 radical (unpaired) electrons. The summed E-state index contributed by atoms with van der Waals surface area (Å²) < 4.78 is 5.02. The third kappa shape index (κ3) is 2.91. The van der Waals surface area contributed by atoms with Crippen LogP contribution < -0.4 is 4.74 Å². The minimum atomic E-state index is 0.530. The molecular weight excluding hydrogens is 168 g/mol. The minimum absolute atomic E-state index is 0.530. The summed E-state index contributed by atoms with van der Waals surface area (Å²) in [5, 5.41) is 0. The van der Waals surface area contributed by atoms with Crippen LogP contribution in [0.15, 0.2) is 36.6 Å². The molecule has 0 heterocycles. The Morgan fingerprint density at radius 3 is 2.77 bits per heavy atom. The molecule has 66 valence electrons. The second-order valence-electron chi connectivity index (χ2n) is 2.27. The van der Waals surface area contributed by atoms with Crippen molar-refractivity contribution in [3.8, 4) is 5.75 Å². The first-order chi connectivity index (χ1) is 6.36. The third-order valence-corrected chi connectivity index (χ3v) is 1.36. The quantitative estimate of drug-likeness (QED) is 0.397. The minimum Gasteiger partial charge on any atom is -0.465 e. The van der Waals surface area contributed by atoms with Crippen molar-refractivity contribution < 1.29 is 14.3 Å². The molecule has 0 aliphatic carbocycles. The summed E-state index contributed by atoms with van der Waals surface area (Å²) in [6.07, 6.45) is 3.84. The molecule has 0 unspecified atom stereocenters. The van der Waals surface area contributed by atoms with Crippen LogP contribution in [0.3, 0.4) is 0 Å².